The normalized spacial score (nSPS) is 19.6. The van der Waals surface area contributed by atoms with Crippen LogP contribution in [0.15, 0.2) is 12.1 Å². The standard InChI is InChI=1S/C14H22FN3O/c1-3-19-14-7-13(12(16)6-11(14)15)17-8-10-4-5-18(2)9-10/h6-7,10,17H,3-5,8-9,16H2,1-2H3. The summed E-state index contributed by atoms with van der Waals surface area (Å²) in [4.78, 5) is 2.31. The summed E-state index contributed by atoms with van der Waals surface area (Å²) in [5.74, 6) is 0.457. The molecule has 1 fully saturated rings. The number of hydrogen-bond donors (Lipinski definition) is 2. The van der Waals surface area contributed by atoms with Gasteiger partial charge in [-0.2, -0.15) is 0 Å². The third kappa shape index (κ3) is 3.50. The first kappa shape index (κ1) is 13.9. The maximum atomic E-state index is 13.6. The van der Waals surface area contributed by atoms with E-state index in [0.717, 1.165) is 25.3 Å². The summed E-state index contributed by atoms with van der Waals surface area (Å²) in [6.07, 6.45) is 1.18. The zero-order valence-electron chi connectivity index (χ0n) is 11.6. The van der Waals surface area contributed by atoms with Crippen molar-refractivity contribution < 1.29 is 9.13 Å². The fraction of sp³-hybridized carbons (Fsp3) is 0.571. The van der Waals surface area contributed by atoms with Gasteiger partial charge in [0, 0.05) is 25.2 Å². The Labute approximate surface area is 113 Å². The average molecular weight is 267 g/mol. The molecule has 5 heteroatoms. The van der Waals surface area contributed by atoms with Crippen molar-refractivity contribution in [1.29, 1.82) is 0 Å². The highest BCUT2D eigenvalue weighted by atomic mass is 19.1. The van der Waals surface area contributed by atoms with Crippen LogP contribution in [-0.2, 0) is 0 Å². The number of nitrogens with zero attached hydrogens (tertiary/aromatic N) is 1. The van der Waals surface area contributed by atoms with Gasteiger partial charge in [0.25, 0.3) is 0 Å². The zero-order chi connectivity index (χ0) is 13.8. The lowest BCUT2D eigenvalue weighted by atomic mass is 10.1. The number of nitrogens with one attached hydrogen (secondary N) is 1. The molecule has 0 aromatic heterocycles. The summed E-state index contributed by atoms with van der Waals surface area (Å²) in [6.45, 7) is 5.35. The first-order chi connectivity index (χ1) is 9.10. The summed E-state index contributed by atoms with van der Waals surface area (Å²) in [6, 6.07) is 2.96. The molecule has 0 bridgehead atoms. The third-order valence-electron chi connectivity index (χ3n) is 3.47. The van der Waals surface area contributed by atoms with Gasteiger partial charge in [-0.15, -0.1) is 0 Å². The van der Waals surface area contributed by atoms with Crippen LogP contribution in [0.3, 0.4) is 0 Å². The second-order valence-electron chi connectivity index (χ2n) is 5.10. The van der Waals surface area contributed by atoms with Gasteiger partial charge < -0.3 is 20.7 Å². The van der Waals surface area contributed by atoms with E-state index in [-0.39, 0.29) is 5.75 Å². The van der Waals surface area contributed by atoms with E-state index >= 15 is 0 Å². The molecule has 1 aromatic rings. The number of anilines is 2. The molecule has 19 heavy (non-hydrogen) atoms. The summed E-state index contributed by atoms with van der Waals surface area (Å²) in [5.41, 5.74) is 7.00. The van der Waals surface area contributed by atoms with Crippen molar-refractivity contribution in [3.8, 4) is 5.75 Å². The quantitative estimate of drug-likeness (QED) is 0.803. The molecule has 0 saturated carbocycles. The van der Waals surface area contributed by atoms with Gasteiger partial charge in [0.15, 0.2) is 11.6 Å². The highest BCUT2D eigenvalue weighted by molar-refractivity contribution is 5.68. The van der Waals surface area contributed by atoms with Gasteiger partial charge in [0.2, 0.25) is 0 Å². The number of benzene rings is 1. The molecule has 1 saturated heterocycles. The van der Waals surface area contributed by atoms with E-state index in [0.29, 0.717) is 18.2 Å². The van der Waals surface area contributed by atoms with Crippen molar-refractivity contribution in [3.63, 3.8) is 0 Å². The molecular weight excluding hydrogens is 245 g/mol. The van der Waals surface area contributed by atoms with Crippen molar-refractivity contribution in [3.05, 3.63) is 17.9 Å². The van der Waals surface area contributed by atoms with E-state index in [4.69, 9.17) is 10.5 Å². The Balaban J connectivity index is 2.00. The molecule has 1 heterocycles. The maximum Gasteiger partial charge on any atom is 0.167 e. The van der Waals surface area contributed by atoms with Crippen LogP contribution in [0.5, 0.6) is 5.75 Å². The van der Waals surface area contributed by atoms with E-state index < -0.39 is 5.82 Å². The Morgan fingerprint density at radius 3 is 2.95 bits per heavy atom. The van der Waals surface area contributed by atoms with Gasteiger partial charge in [0.1, 0.15) is 0 Å². The van der Waals surface area contributed by atoms with E-state index in [2.05, 4.69) is 17.3 Å². The second kappa shape index (κ2) is 6.10. The molecule has 1 unspecified atom stereocenters. The number of likely N-dealkylation sites (tertiary alicyclic amines) is 1. The van der Waals surface area contributed by atoms with Gasteiger partial charge in [-0.05, 0) is 32.9 Å². The first-order valence-electron chi connectivity index (χ1n) is 6.74. The molecule has 0 spiro atoms. The van der Waals surface area contributed by atoms with Crippen LogP contribution in [0.1, 0.15) is 13.3 Å². The molecule has 1 aromatic carbocycles. The Morgan fingerprint density at radius 1 is 1.53 bits per heavy atom. The number of nitrogens with two attached hydrogens (primary N) is 1. The number of ether oxygens (including phenoxy) is 1. The Morgan fingerprint density at radius 2 is 2.32 bits per heavy atom. The second-order valence-corrected chi connectivity index (χ2v) is 5.10. The molecule has 1 atom stereocenters. The Bertz CT molecular complexity index is 439. The number of rotatable bonds is 5. The number of nitrogen functional groups attached to an aromatic ring is 1. The van der Waals surface area contributed by atoms with E-state index in [1.165, 1.54) is 12.5 Å². The van der Waals surface area contributed by atoms with Crippen LogP contribution in [-0.4, -0.2) is 38.2 Å². The van der Waals surface area contributed by atoms with Crippen molar-refractivity contribution >= 4 is 11.4 Å². The van der Waals surface area contributed by atoms with Crippen LogP contribution in [0.25, 0.3) is 0 Å². The number of halogens is 1. The molecular formula is C14H22FN3O. The van der Waals surface area contributed by atoms with E-state index in [1.807, 2.05) is 6.92 Å². The summed E-state index contributed by atoms with van der Waals surface area (Å²) < 4.78 is 18.8. The predicted octanol–water partition coefficient (Wildman–Crippen LogP) is 2.17. The Kier molecular flexibility index (Phi) is 4.47. The fourth-order valence-corrected chi connectivity index (χ4v) is 2.44. The van der Waals surface area contributed by atoms with Gasteiger partial charge in [-0.3, -0.25) is 0 Å². The van der Waals surface area contributed by atoms with E-state index in [9.17, 15) is 4.39 Å². The van der Waals surface area contributed by atoms with Crippen LogP contribution in [0.2, 0.25) is 0 Å². The van der Waals surface area contributed by atoms with Gasteiger partial charge in [-0.25, -0.2) is 4.39 Å². The van der Waals surface area contributed by atoms with Gasteiger partial charge in [-0.1, -0.05) is 0 Å². The predicted molar refractivity (Wildman–Crippen MR) is 76.1 cm³/mol. The minimum absolute atomic E-state index is 0.253. The van der Waals surface area contributed by atoms with Gasteiger partial charge >= 0.3 is 0 Å². The van der Waals surface area contributed by atoms with Crippen molar-refractivity contribution in [1.82, 2.24) is 4.90 Å². The van der Waals surface area contributed by atoms with Gasteiger partial charge in [0.05, 0.1) is 18.0 Å². The lowest BCUT2D eigenvalue weighted by Gasteiger charge is -2.15. The average Bonchev–Trinajstić information content (AvgIpc) is 2.77. The van der Waals surface area contributed by atoms with Crippen LogP contribution in [0.4, 0.5) is 15.8 Å². The highest BCUT2D eigenvalue weighted by Gasteiger charge is 2.19. The smallest absolute Gasteiger partial charge is 0.167 e. The highest BCUT2D eigenvalue weighted by Crippen LogP contribution is 2.28. The van der Waals surface area contributed by atoms with Crippen LogP contribution < -0.4 is 15.8 Å². The first-order valence-corrected chi connectivity index (χ1v) is 6.74. The summed E-state index contributed by atoms with van der Waals surface area (Å²) in [7, 11) is 2.12. The SMILES string of the molecule is CCOc1cc(NCC2CCN(C)C2)c(N)cc1F. The summed E-state index contributed by atoms with van der Waals surface area (Å²) >= 11 is 0. The lowest BCUT2D eigenvalue weighted by Crippen LogP contribution is -2.19. The van der Waals surface area contributed by atoms with Crippen molar-refractivity contribution in [2.24, 2.45) is 5.92 Å². The molecule has 2 rings (SSSR count). The minimum Gasteiger partial charge on any atom is -0.491 e. The minimum atomic E-state index is -0.412. The molecule has 4 nitrogen and oxygen atoms in total. The zero-order valence-corrected chi connectivity index (χ0v) is 11.6. The Hall–Kier alpha value is -1.49. The molecule has 3 N–H and O–H groups in total. The topological polar surface area (TPSA) is 50.5 Å². The van der Waals surface area contributed by atoms with Crippen LogP contribution >= 0.6 is 0 Å². The molecule has 1 aliphatic rings. The van der Waals surface area contributed by atoms with Crippen LogP contribution in [0, 0.1) is 11.7 Å². The maximum absolute atomic E-state index is 13.6. The molecule has 0 amide bonds. The van der Waals surface area contributed by atoms with Crippen molar-refractivity contribution in [2.75, 3.05) is 44.3 Å². The molecule has 106 valence electrons. The fourth-order valence-electron chi connectivity index (χ4n) is 2.44. The molecule has 1 aliphatic heterocycles. The number of hydrogen-bond acceptors (Lipinski definition) is 4. The lowest BCUT2D eigenvalue weighted by molar-refractivity contribution is 0.322. The van der Waals surface area contributed by atoms with E-state index in [1.54, 1.807) is 6.07 Å². The van der Waals surface area contributed by atoms with Crippen molar-refractivity contribution in [2.45, 2.75) is 13.3 Å². The molecule has 0 radical (unpaired) electrons. The summed E-state index contributed by atoms with van der Waals surface area (Å²) in [5, 5.41) is 3.30. The largest absolute Gasteiger partial charge is 0.491 e. The third-order valence-corrected chi connectivity index (χ3v) is 3.47. The monoisotopic (exact) mass is 267 g/mol. The molecule has 0 aliphatic carbocycles.